The van der Waals surface area contributed by atoms with Gasteiger partial charge in [-0.25, -0.2) is 4.79 Å². The molecule has 1 aromatic heterocycles. The minimum Gasteiger partial charge on any atom is -0.312 e. The molecule has 4 heteroatoms. The fourth-order valence-corrected chi connectivity index (χ4v) is 1.92. The van der Waals surface area contributed by atoms with Crippen molar-refractivity contribution in [2.75, 3.05) is 19.6 Å². The molecule has 0 unspecified atom stereocenters. The molecule has 0 amide bonds. The standard InChI is InChI=1S/C12H17N3O/c1-11-10-13-12(16)15(11)9-5-4-8-14-6-2-3-7-14/h10H,2-3,6-9H2,1H3,(H,13,16). The molecule has 0 spiro atoms. The molecule has 2 heterocycles. The number of aryl methyl sites for hydroxylation is 1. The molecule has 1 fully saturated rings. The van der Waals surface area contributed by atoms with Gasteiger partial charge in [0.05, 0.1) is 13.1 Å². The van der Waals surface area contributed by atoms with Crippen molar-refractivity contribution in [1.82, 2.24) is 14.5 Å². The van der Waals surface area contributed by atoms with E-state index in [1.165, 1.54) is 12.8 Å². The van der Waals surface area contributed by atoms with E-state index in [1.54, 1.807) is 10.8 Å². The highest BCUT2D eigenvalue weighted by molar-refractivity contribution is 5.05. The Bertz CT molecular complexity index is 455. The van der Waals surface area contributed by atoms with E-state index in [4.69, 9.17) is 0 Å². The van der Waals surface area contributed by atoms with Crippen LogP contribution in [0.1, 0.15) is 18.5 Å². The van der Waals surface area contributed by atoms with E-state index < -0.39 is 0 Å². The molecule has 0 atom stereocenters. The average molecular weight is 219 g/mol. The molecule has 1 aliphatic heterocycles. The average Bonchev–Trinajstić information content (AvgIpc) is 2.87. The Morgan fingerprint density at radius 1 is 1.31 bits per heavy atom. The summed E-state index contributed by atoms with van der Waals surface area (Å²) in [6.07, 6.45) is 4.29. The van der Waals surface area contributed by atoms with Crippen LogP contribution in [-0.2, 0) is 6.54 Å². The van der Waals surface area contributed by atoms with Gasteiger partial charge in [-0.05, 0) is 32.9 Å². The van der Waals surface area contributed by atoms with E-state index in [-0.39, 0.29) is 5.69 Å². The van der Waals surface area contributed by atoms with Crippen molar-refractivity contribution in [3.8, 4) is 11.8 Å². The first-order valence-electron chi connectivity index (χ1n) is 5.70. The molecule has 0 bridgehead atoms. The number of likely N-dealkylation sites (tertiary alicyclic amines) is 1. The number of aromatic nitrogens is 2. The van der Waals surface area contributed by atoms with Crippen molar-refractivity contribution in [3.63, 3.8) is 0 Å². The van der Waals surface area contributed by atoms with Crippen LogP contribution in [0.4, 0.5) is 0 Å². The molecule has 2 rings (SSSR count). The van der Waals surface area contributed by atoms with Crippen LogP contribution in [0.5, 0.6) is 0 Å². The topological polar surface area (TPSA) is 41.0 Å². The molecule has 0 aromatic carbocycles. The second-order valence-corrected chi connectivity index (χ2v) is 4.16. The summed E-state index contributed by atoms with van der Waals surface area (Å²) in [5.41, 5.74) is 0.855. The first kappa shape index (κ1) is 11.0. The first-order valence-corrected chi connectivity index (χ1v) is 5.70. The Morgan fingerprint density at radius 3 is 2.62 bits per heavy atom. The Kier molecular flexibility index (Phi) is 3.47. The monoisotopic (exact) mass is 219 g/mol. The molecule has 0 saturated carbocycles. The summed E-state index contributed by atoms with van der Waals surface area (Å²) in [5, 5.41) is 0. The maximum absolute atomic E-state index is 11.3. The van der Waals surface area contributed by atoms with E-state index in [1.807, 2.05) is 6.92 Å². The zero-order valence-electron chi connectivity index (χ0n) is 9.62. The van der Waals surface area contributed by atoms with Crippen LogP contribution >= 0.6 is 0 Å². The fourth-order valence-electron chi connectivity index (χ4n) is 1.92. The number of hydrogen-bond donors (Lipinski definition) is 1. The summed E-state index contributed by atoms with van der Waals surface area (Å²) >= 11 is 0. The van der Waals surface area contributed by atoms with Crippen LogP contribution in [0, 0.1) is 18.8 Å². The minimum atomic E-state index is -0.0760. The maximum Gasteiger partial charge on any atom is 0.326 e. The van der Waals surface area contributed by atoms with Gasteiger partial charge in [0.15, 0.2) is 0 Å². The lowest BCUT2D eigenvalue weighted by atomic mass is 10.4. The van der Waals surface area contributed by atoms with Gasteiger partial charge in [-0.3, -0.25) is 9.47 Å². The maximum atomic E-state index is 11.3. The van der Waals surface area contributed by atoms with E-state index in [9.17, 15) is 4.79 Å². The second kappa shape index (κ2) is 5.04. The van der Waals surface area contributed by atoms with Crippen LogP contribution in [0.15, 0.2) is 11.0 Å². The van der Waals surface area contributed by atoms with Crippen molar-refractivity contribution >= 4 is 0 Å². The number of rotatable bonds is 2. The molecule has 1 N–H and O–H groups in total. The van der Waals surface area contributed by atoms with Crippen molar-refractivity contribution in [1.29, 1.82) is 0 Å². The third-order valence-corrected chi connectivity index (χ3v) is 2.94. The Hall–Kier alpha value is -1.47. The predicted molar refractivity (Wildman–Crippen MR) is 63.2 cm³/mol. The summed E-state index contributed by atoms with van der Waals surface area (Å²) in [6.45, 7) is 5.55. The Balaban J connectivity index is 1.87. The van der Waals surface area contributed by atoms with Crippen LogP contribution in [-0.4, -0.2) is 34.1 Å². The lowest BCUT2D eigenvalue weighted by Gasteiger charge is -2.08. The highest BCUT2D eigenvalue weighted by atomic mass is 16.1. The van der Waals surface area contributed by atoms with Crippen molar-refractivity contribution in [3.05, 3.63) is 22.4 Å². The molecule has 16 heavy (non-hydrogen) atoms. The minimum absolute atomic E-state index is 0.0760. The summed E-state index contributed by atoms with van der Waals surface area (Å²) in [7, 11) is 0. The number of aromatic amines is 1. The second-order valence-electron chi connectivity index (χ2n) is 4.16. The summed E-state index contributed by atoms with van der Waals surface area (Å²) in [5.74, 6) is 6.17. The zero-order valence-corrected chi connectivity index (χ0v) is 9.62. The zero-order chi connectivity index (χ0) is 11.4. The third kappa shape index (κ3) is 2.56. The summed E-state index contributed by atoms with van der Waals surface area (Å²) in [6, 6.07) is 0. The van der Waals surface area contributed by atoms with Gasteiger partial charge in [0.25, 0.3) is 0 Å². The molecule has 86 valence electrons. The van der Waals surface area contributed by atoms with Crippen molar-refractivity contribution in [2.24, 2.45) is 0 Å². The van der Waals surface area contributed by atoms with E-state index in [0.29, 0.717) is 6.54 Å². The number of hydrogen-bond acceptors (Lipinski definition) is 2. The molecule has 4 nitrogen and oxygen atoms in total. The molecule has 1 aliphatic rings. The van der Waals surface area contributed by atoms with E-state index in [2.05, 4.69) is 21.7 Å². The van der Waals surface area contributed by atoms with Gasteiger partial charge in [0, 0.05) is 11.9 Å². The molecule has 0 radical (unpaired) electrons. The van der Waals surface area contributed by atoms with Gasteiger partial charge in [-0.15, -0.1) is 0 Å². The van der Waals surface area contributed by atoms with Crippen LogP contribution in [0.25, 0.3) is 0 Å². The normalized spacial score (nSPS) is 16.1. The quantitative estimate of drug-likeness (QED) is 0.739. The summed E-state index contributed by atoms with van der Waals surface area (Å²) in [4.78, 5) is 16.3. The largest absolute Gasteiger partial charge is 0.326 e. The van der Waals surface area contributed by atoms with Crippen LogP contribution in [0.2, 0.25) is 0 Å². The summed E-state index contributed by atoms with van der Waals surface area (Å²) < 4.78 is 1.65. The van der Waals surface area contributed by atoms with Gasteiger partial charge in [-0.2, -0.15) is 0 Å². The highest BCUT2D eigenvalue weighted by Crippen LogP contribution is 2.05. The van der Waals surface area contributed by atoms with E-state index in [0.717, 1.165) is 25.3 Å². The Morgan fingerprint density at radius 2 is 2.00 bits per heavy atom. The van der Waals surface area contributed by atoms with Gasteiger partial charge in [0.2, 0.25) is 0 Å². The van der Waals surface area contributed by atoms with Crippen LogP contribution < -0.4 is 5.69 Å². The lowest BCUT2D eigenvalue weighted by molar-refractivity contribution is 0.383. The lowest BCUT2D eigenvalue weighted by Crippen LogP contribution is -2.20. The van der Waals surface area contributed by atoms with Crippen LogP contribution in [0.3, 0.4) is 0 Å². The number of H-pyrrole nitrogens is 1. The van der Waals surface area contributed by atoms with Crippen molar-refractivity contribution < 1.29 is 0 Å². The van der Waals surface area contributed by atoms with Gasteiger partial charge < -0.3 is 4.98 Å². The molecular formula is C12H17N3O. The fraction of sp³-hybridized carbons (Fsp3) is 0.583. The molecule has 0 aliphatic carbocycles. The third-order valence-electron chi connectivity index (χ3n) is 2.94. The molecule has 1 saturated heterocycles. The first-order chi connectivity index (χ1) is 7.77. The predicted octanol–water partition coefficient (Wildman–Crippen LogP) is 0.584. The number of imidazole rings is 1. The molecule has 1 aromatic rings. The SMILES string of the molecule is Cc1c[nH]c(=O)n1CC#CCN1CCCC1. The smallest absolute Gasteiger partial charge is 0.312 e. The van der Waals surface area contributed by atoms with Gasteiger partial charge in [0.1, 0.15) is 0 Å². The Labute approximate surface area is 95.3 Å². The molecular weight excluding hydrogens is 202 g/mol. The number of nitrogens with zero attached hydrogens (tertiary/aromatic N) is 2. The highest BCUT2D eigenvalue weighted by Gasteiger charge is 2.08. The van der Waals surface area contributed by atoms with E-state index >= 15 is 0 Å². The van der Waals surface area contributed by atoms with Crippen molar-refractivity contribution in [2.45, 2.75) is 26.3 Å². The van der Waals surface area contributed by atoms with Gasteiger partial charge >= 0.3 is 5.69 Å². The number of nitrogens with one attached hydrogen (secondary N) is 1. The van der Waals surface area contributed by atoms with Gasteiger partial charge in [-0.1, -0.05) is 11.8 Å².